The van der Waals surface area contributed by atoms with Gasteiger partial charge in [-0.25, -0.2) is 0 Å². The molecule has 0 aliphatic heterocycles. The fourth-order valence-corrected chi connectivity index (χ4v) is 2.55. The van der Waals surface area contributed by atoms with Gasteiger partial charge in [-0.15, -0.1) is 0 Å². The van der Waals surface area contributed by atoms with Crippen LogP contribution >= 0.6 is 0 Å². The Morgan fingerprint density at radius 2 is 1.56 bits per heavy atom. The Labute approximate surface area is 158 Å². The zero-order chi connectivity index (χ0) is 18.9. The van der Waals surface area contributed by atoms with Crippen molar-refractivity contribution in [1.29, 1.82) is 0 Å². The number of carboxylic acid groups (broad SMARTS) is 1. The van der Waals surface area contributed by atoms with Crippen LogP contribution in [0.2, 0.25) is 0 Å². The van der Waals surface area contributed by atoms with Crippen LogP contribution in [0.3, 0.4) is 0 Å². The zero-order valence-corrected chi connectivity index (χ0v) is 14.7. The Balaban J connectivity index is 1.59. The van der Waals surface area contributed by atoms with Gasteiger partial charge >= 0.3 is 5.97 Å². The highest BCUT2D eigenvalue weighted by molar-refractivity contribution is 5.70. The molecular formula is C23H20O4. The molecule has 0 aliphatic carbocycles. The smallest absolute Gasteiger partial charge is 0.307 e. The molecule has 3 aromatic rings. The lowest BCUT2D eigenvalue weighted by Crippen LogP contribution is -1.99. The SMILES string of the molecule is O=C(O)Cc1cccc(Oc2cccc(OCC=Cc3ccccc3)c2)c1. The molecule has 0 aliphatic rings. The molecule has 0 amide bonds. The second-order valence-electron chi connectivity index (χ2n) is 5.92. The third-order valence-corrected chi connectivity index (χ3v) is 3.75. The summed E-state index contributed by atoms with van der Waals surface area (Å²) in [7, 11) is 0. The Kier molecular flexibility index (Phi) is 6.26. The second-order valence-corrected chi connectivity index (χ2v) is 5.92. The van der Waals surface area contributed by atoms with Crippen LogP contribution in [0, 0.1) is 0 Å². The van der Waals surface area contributed by atoms with E-state index >= 15 is 0 Å². The first-order valence-corrected chi connectivity index (χ1v) is 8.62. The number of carbonyl (C=O) groups is 1. The summed E-state index contributed by atoms with van der Waals surface area (Å²) in [6, 6.07) is 24.4. The van der Waals surface area contributed by atoms with Crippen LogP contribution in [0.25, 0.3) is 6.08 Å². The van der Waals surface area contributed by atoms with Gasteiger partial charge in [0.05, 0.1) is 6.42 Å². The van der Waals surface area contributed by atoms with E-state index in [2.05, 4.69) is 0 Å². The Morgan fingerprint density at radius 1 is 0.852 bits per heavy atom. The van der Waals surface area contributed by atoms with Crippen molar-refractivity contribution in [2.45, 2.75) is 6.42 Å². The number of aliphatic carboxylic acids is 1. The van der Waals surface area contributed by atoms with E-state index in [1.54, 1.807) is 30.3 Å². The lowest BCUT2D eigenvalue weighted by molar-refractivity contribution is -0.136. The molecule has 0 atom stereocenters. The maximum absolute atomic E-state index is 10.8. The summed E-state index contributed by atoms with van der Waals surface area (Å²) in [6.07, 6.45) is 3.93. The predicted molar refractivity (Wildman–Crippen MR) is 105 cm³/mol. The number of rotatable bonds is 8. The normalized spacial score (nSPS) is 10.7. The number of benzene rings is 3. The Bertz CT molecular complexity index is 916. The van der Waals surface area contributed by atoms with Gasteiger partial charge < -0.3 is 14.6 Å². The molecule has 136 valence electrons. The molecule has 0 saturated carbocycles. The van der Waals surface area contributed by atoms with Gasteiger partial charge in [0.25, 0.3) is 0 Å². The maximum Gasteiger partial charge on any atom is 0.307 e. The van der Waals surface area contributed by atoms with Crippen LogP contribution < -0.4 is 9.47 Å². The molecule has 0 aromatic heterocycles. The van der Waals surface area contributed by atoms with Gasteiger partial charge in [-0.3, -0.25) is 4.79 Å². The highest BCUT2D eigenvalue weighted by Crippen LogP contribution is 2.26. The van der Waals surface area contributed by atoms with Gasteiger partial charge in [-0.1, -0.05) is 54.6 Å². The van der Waals surface area contributed by atoms with E-state index in [0.29, 0.717) is 29.4 Å². The zero-order valence-electron chi connectivity index (χ0n) is 14.7. The van der Waals surface area contributed by atoms with E-state index in [4.69, 9.17) is 14.6 Å². The van der Waals surface area contributed by atoms with Crippen LogP contribution in [0.15, 0.2) is 84.9 Å². The van der Waals surface area contributed by atoms with E-state index in [9.17, 15) is 4.79 Å². The average Bonchev–Trinajstić information content (AvgIpc) is 2.66. The van der Waals surface area contributed by atoms with Gasteiger partial charge in [-0.05, 0) is 41.5 Å². The van der Waals surface area contributed by atoms with Crippen molar-refractivity contribution in [1.82, 2.24) is 0 Å². The summed E-state index contributed by atoms with van der Waals surface area (Å²) in [5.41, 5.74) is 1.82. The molecule has 27 heavy (non-hydrogen) atoms. The Morgan fingerprint density at radius 3 is 2.33 bits per heavy atom. The van der Waals surface area contributed by atoms with Crippen molar-refractivity contribution < 1.29 is 19.4 Å². The minimum atomic E-state index is -0.869. The molecule has 0 fully saturated rings. The van der Waals surface area contributed by atoms with Crippen LogP contribution in [-0.2, 0) is 11.2 Å². The summed E-state index contributed by atoms with van der Waals surface area (Å²) >= 11 is 0. The van der Waals surface area contributed by atoms with Crippen molar-refractivity contribution in [3.8, 4) is 17.2 Å². The van der Waals surface area contributed by atoms with Gasteiger partial charge in [0, 0.05) is 6.07 Å². The number of ether oxygens (including phenoxy) is 2. The van der Waals surface area contributed by atoms with Crippen LogP contribution in [0.1, 0.15) is 11.1 Å². The molecule has 4 nitrogen and oxygen atoms in total. The molecule has 0 saturated heterocycles. The number of carboxylic acids is 1. The summed E-state index contributed by atoms with van der Waals surface area (Å²) in [4.78, 5) is 10.8. The van der Waals surface area contributed by atoms with Crippen molar-refractivity contribution in [2.24, 2.45) is 0 Å². The van der Waals surface area contributed by atoms with Gasteiger partial charge in [0.15, 0.2) is 0 Å². The first-order chi connectivity index (χ1) is 13.2. The lowest BCUT2D eigenvalue weighted by atomic mass is 10.1. The Hall–Kier alpha value is -3.53. The lowest BCUT2D eigenvalue weighted by Gasteiger charge is -2.09. The topological polar surface area (TPSA) is 55.8 Å². The molecule has 3 rings (SSSR count). The molecule has 0 radical (unpaired) electrons. The first kappa shape index (κ1) is 18.3. The van der Waals surface area contributed by atoms with E-state index in [-0.39, 0.29) is 6.42 Å². The minimum Gasteiger partial charge on any atom is -0.489 e. The fourth-order valence-electron chi connectivity index (χ4n) is 2.55. The molecule has 0 spiro atoms. The fraction of sp³-hybridized carbons (Fsp3) is 0.0870. The third kappa shape index (κ3) is 6.04. The molecule has 0 bridgehead atoms. The van der Waals surface area contributed by atoms with Gasteiger partial charge in [0.2, 0.25) is 0 Å². The van der Waals surface area contributed by atoms with Gasteiger partial charge in [0.1, 0.15) is 23.9 Å². The van der Waals surface area contributed by atoms with E-state index < -0.39 is 5.97 Å². The van der Waals surface area contributed by atoms with Crippen molar-refractivity contribution in [2.75, 3.05) is 6.61 Å². The maximum atomic E-state index is 10.8. The van der Waals surface area contributed by atoms with Crippen molar-refractivity contribution in [3.05, 3.63) is 96.1 Å². The molecule has 0 heterocycles. The second kappa shape index (κ2) is 9.25. The molecule has 0 unspecified atom stereocenters. The molecule has 3 aromatic carbocycles. The largest absolute Gasteiger partial charge is 0.489 e. The first-order valence-electron chi connectivity index (χ1n) is 8.62. The highest BCUT2D eigenvalue weighted by Gasteiger charge is 2.04. The average molecular weight is 360 g/mol. The summed E-state index contributed by atoms with van der Waals surface area (Å²) in [5.74, 6) is 1.06. The van der Waals surface area contributed by atoms with Crippen molar-refractivity contribution in [3.63, 3.8) is 0 Å². The van der Waals surface area contributed by atoms with E-state index in [1.807, 2.05) is 60.7 Å². The third-order valence-electron chi connectivity index (χ3n) is 3.75. The number of hydrogen-bond donors (Lipinski definition) is 1. The summed E-state index contributed by atoms with van der Waals surface area (Å²) < 4.78 is 11.6. The van der Waals surface area contributed by atoms with Crippen LogP contribution in [-0.4, -0.2) is 17.7 Å². The van der Waals surface area contributed by atoms with E-state index in [0.717, 1.165) is 5.56 Å². The van der Waals surface area contributed by atoms with Crippen LogP contribution in [0.4, 0.5) is 0 Å². The number of hydrogen-bond acceptors (Lipinski definition) is 3. The summed E-state index contributed by atoms with van der Waals surface area (Å²) in [6.45, 7) is 0.451. The van der Waals surface area contributed by atoms with Crippen LogP contribution in [0.5, 0.6) is 17.2 Å². The molecular weight excluding hydrogens is 340 g/mol. The predicted octanol–water partition coefficient (Wildman–Crippen LogP) is 5.20. The minimum absolute atomic E-state index is 0.0336. The van der Waals surface area contributed by atoms with E-state index in [1.165, 1.54) is 0 Å². The summed E-state index contributed by atoms with van der Waals surface area (Å²) in [5, 5.41) is 8.90. The van der Waals surface area contributed by atoms with Gasteiger partial charge in [-0.2, -0.15) is 0 Å². The van der Waals surface area contributed by atoms with Crippen molar-refractivity contribution >= 4 is 12.0 Å². The quantitative estimate of drug-likeness (QED) is 0.600. The monoisotopic (exact) mass is 360 g/mol. The highest BCUT2D eigenvalue weighted by atomic mass is 16.5. The standard InChI is InChI=1S/C23H20O4/c24-23(25)16-19-9-4-12-21(15-19)27-22-13-5-11-20(17-22)26-14-6-10-18-7-2-1-3-8-18/h1-13,15,17H,14,16H2,(H,24,25). The molecule has 1 N–H and O–H groups in total. The molecule has 4 heteroatoms.